The van der Waals surface area contributed by atoms with Crippen LogP contribution in [0, 0.1) is 13.8 Å². The fourth-order valence-corrected chi connectivity index (χ4v) is 7.27. The van der Waals surface area contributed by atoms with E-state index in [-0.39, 0.29) is 52.6 Å². The Hall–Kier alpha value is -6.06. The lowest BCUT2D eigenvalue weighted by molar-refractivity contribution is -0.141. The number of carboxylic acids is 2. The molecule has 2 amide bonds. The number of carbonyl (C=O) groups is 6. The molecular formula is C43H38Cl4N4O10. The van der Waals surface area contributed by atoms with Gasteiger partial charge in [-0.15, -0.1) is 0 Å². The number of phenols is 2. The highest BCUT2D eigenvalue weighted by molar-refractivity contribution is 6.33. The van der Waals surface area contributed by atoms with Crippen molar-refractivity contribution in [1.82, 2.24) is 19.8 Å². The predicted molar refractivity (Wildman–Crippen MR) is 232 cm³/mol. The van der Waals surface area contributed by atoms with E-state index in [1.165, 1.54) is 40.3 Å². The molecule has 0 saturated carbocycles. The van der Waals surface area contributed by atoms with Crippen molar-refractivity contribution in [2.45, 2.75) is 59.0 Å². The maximum atomic E-state index is 13.2. The summed E-state index contributed by atoms with van der Waals surface area (Å²) in [5.74, 6) is -4.18. The molecule has 2 atom stereocenters. The molecule has 6 N–H and O–H groups in total. The Kier molecular flexibility index (Phi) is 14.4. The first kappa shape index (κ1) is 46.0. The second-order valence-electron chi connectivity index (χ2n) is 14.1. The van der Waals surface area contributed by atoms with Crippen molar-refractivity contribution in [1.29, 1.82) is 0 Å². The topological polar surface area (TPSA) is 217 Å². The largest absolute Gasteiger partial charge is 0.506 e. The van der Waals surface area contributed by atoms with Gasteiger partial charge >= 0.3 is 11.9 Å². The Bertz CT molecular complexity index is 2730. The molecule has 0 spiro atoms. The Balaban J connectivity index is 0.000000231. The van der Waals surface area contributed by atoms with Gasteiger partial charge in [0.1, 0.15) is 17.5 Å². The lowest BCUT2D eigenvalue weighted by Crippen LogP contribution is -2.39. The Labute approximate surface area is 368 Å². The molecule has 0 aliphatic heterocycles. The van der Waals surface area contributed by atoms with Gasteiger partial charge in [0.05, 0.1) is 40.3 Å². The Morgan fingerprint density at radius 2 is 0.984 bits per heavy atom. The van der Waals surface area contributed by atoms with Crippen LogP contribution in [0.3, 0.4) is 0 Å². The average molecular weight is 913 g/mol. The fourth-order valence-electron chi connectivity index (χ4n) is 6.70. The lowest BCUT2D eigenvalue weighted by atomic mass is 10.1. The van der Waals surface area contributed by atoms with Gasteiger partial charge in [-0.3, -0.25) is 37.9 Å². The molecule has 0 fully saturated rings. The molecule has 0 radical (unpaired) electrons. The van der Waals surface area contributed by atoms with Gasteiger partial charge in [-0.05, 0) is 112 Å². The third kappa shape index (κ3) is 10.5. The van der Waals surface area contributed by atoms with Crippen LogP contribution in [0.4, 0.5) is 0 Å². The van der Waals surface area contributed by atoms with Crippen LogP contribution >= 0.6 is 46.4 Å². The second-order valence-corrected chi connectivity index (χ2v) is 15.8. The van der Waals surface area contributed by atoms with E-state index in [0.29, 0.717) is 65.5 Å². The first-order valence-corrected chi connectivity index (χ1v) is 19.9. The monoisotopic (exact) mass is 910 g/mol. The smallest absolute Gasteiger partial charge is 0.325 e. The molecule has 2 unspecified atom stereocenters. The first-order chi connectivity index (χ1) is 28.7. The molecule has 2 heterocycles. The van der Waals surface area contributed by atoms with Gasteiger partial charge in [0.25, 0.3) is 11.8 Å². The van der Waals surface area contributed by atoms with Gasteiger partial charge < -0.3 is 31.1 Å². The molecule has 14 nitrogen and oxygen atoms in total. The van der Waals surface area contributed by atoms with Crippen LogP contribution in [0.15, 0.2) is 72.8 Å². The summed E-state index contributed by atoms with van der Waals surface area (Å²) in [7, 11) is 0. The summed E-state index contributed by atoms with van der Waals surface area (Å²) in [5.41, 5.74) is 3.63. The SMILES string of the molecule is Cc1c(CC(=O)NC(C)C(=O)O)c2cc(O)c(Cl)cc2n1C(=O)c1ccc(Cl)cc1.Cc1c(CC(=O)NC(C)CC(=O)O)c2cc(O)c(Cl)cc2n1C(=O)c1ccc(Cl)cc1. The number of aromatic hydroxyl groups is 2. The quantitative estimate of drug-likeness (QED) is 0.0737. The van der Waals surface area contributed by atoms with Gasteiger partial charge in [0.2, 0.25) is 11.8 Å². The van der Waals surface area contributed by atoms with Crippen LogP contribution in [-0.4, -0.2) is 77.2 Å². The number of fused-ring (bicyclic) bond motifs is 2. The number of nitrogens with one attached hydrogen (secondary N) is 2. The van der Waals surface area contributed by atoms with E-state index in [1.807, 2.05) is 0 Å². The summed E-state index contributed by atoms with van der Waals surface area (Å²) < 4.78 is 2.85. The second kappa shape index (κ2) is 19.1. The lowest BCUT2D eigenvalue weighted by Gasteiger charge is -2.12. The molecule has 0 aliphatic carbocycles. The van der Waals surface area contributed by atoms with Crippen molar-refractivity contribution in [3.05, 3.63) is 127 Å². The molecule has 6 aromatic rings. The third-order valence-corrected chi connectivity index (χ3v) is 10.8. The zero-order chi connectivity index (χ0) is 45.0. The number of benzene rings is 4. The van der Waals surface area contributed by atoms with E-state index in [4.69, 9.17) is 56.6 Å². The number of nitrogens with zero attached hydrogens (tertiary/aromatic N) is 2. The number of amides is 2. The molecule has 6 rings (SSSR count). The normalized spacial score (nSPS) is 12.0. The summed E-state index contributed by atoms with van der Waals surface area (Å²) in [6, 6.07) is 16.9. The molecule has 0 bridgehead atoms. The van der Waals surface area contributed by atoms with E-state index in [0.717, 1.165) is 0 Å². The fraction of sp³-hybridized carbons (Fsp3) is 0.209. The number of halogens is 4. The summed E-state index contributed by atoms with van der Waals surface area (Å²) >= 11 is 24.0. The summed E-state index contributed by atoms with van der Waals surface area (Å²) in [6.07, 6.45) is -0.492. The van der Waals surface area contributed by atoms with Crippen molar-refractivity contribution in [2.24, 2.45) is 0 Å². The first-order valence-electron chi connectivity index (χ1n) is 18.4. The number of carbonyl (C=O) groups excluding carboxylic acids is 4. The van der Waals surface area contributed by atoms with Gasteiger partial charge in [0.15, 0.2) is 0 Å². The van der Waals surface area contributed by atoms with Crippen molar-refractivity contribution < 1.29 is 49.2 Å². The number of hydrogen-bond donors (Lipinski definition) is 6. The number of carboxylic acid groups (broad SMARTS) is 2. The van der Waals surface area contributed by atoms with Crippen LogP contribution in [0.1, 0.15) is 63.5 Å². The van der Waals surface area contributed by atoms with E-state index in [9.17, 15) is 39.0 Å². The molecule has 318 valence electrons. The van der Waals surface area contributed by atoms with E-state index in [2.05, 4.69) is 10.6 Å². The van der Waals surface area contributed by atoms with Crippen molar-refractivity contribution in [3.8, 4) is 11.5 Å². The molecular weight excluding hydrogens is 874 g/mol. The zero-order valence-electron chi connectivity index (χ0n) is 32.8. The minimum absolute atomic E-state index is 0.0562. The van der Waals surface area contributed by atoms with Crippen LogP contribution in [0.25, 0.3) is 21.8 Å². The number of phenolic OH excluding ortho intramolecular Hbond substituents is 2. The summed E-state index contributed by atoms with van der Waals surface area (Å²) in [4.78, 5) is 73.2. The number of aromatic nitrogens is 2. The predicted octanol–water partition coefficient (Wildman–Crippen LogP) is 7.95. The zero-order valence-corrected chi connectivity index (χ0v) is 35.9. The van der Waals surface area contributed by atoms with Crippen molar-refractivity contribution >= 4 is 104 Å². The Morgan fingerprint density at radius 1 is 0.607 bits per heavy atom. The standard InChI is InChI=1S/C22H20Cl2N2O5.C21H18Cl2N2O5/c1-11(7-21(29)30)25-20(28)9-15-12(2)26(18-10-17(24)19(27)8-16(15)18)22(31)13-3-5-14(23)6-4-13;1-10(21(29)30)24-19(27)8-14-11(2)25(17-9-16(23)18(26)7-15(14)17)20(28)12-3-5-13(22)6-4-12/h3-6,8,10-11,27H,7,9H2,1-2H3,(H,25,28)(H,29,30);3-7,9-10,26H,8H2,1-2H3,(H,24,27)(H,29,30). The minimum Gasteiger partial charge on any atom is -0.506 e. The molecule has 0 saturated heterocycles. The Morgan fingerprint density at radius 3 is 1.34 bits per heavy atom. The van der Waals surface area contributed by atoms with Gasteiger partial charge in [-0.2, -0.15) is 0 Å². The maximum Gasteiger partial charge on any atom is 0.325 e. The molecule has 0 aliphatic rings. The number of rotatable bonds is 11. The number of aliphatic carboxylic acids is 2. The van der Waals surface area contributed by atoms with Gasteiger partial charge in [-0.25, -0.2) is 0 Å². The van der Waals surface area contributed by atoms with Crippen LogP contribution in [0.5, 0.6) is 11.5 Å². The van der Waals surface area contributed by atoms with Crippen LogP contribution in [0.2, 0.25) is 20.1 Å². The highest BCUT2D eigenvalue weighted by Gasteiger charge is 2.26. The highest BCUT2D eigenvalue weighted by atomic mass is 35.5. The average Bonchev–Trinajstić information content (AvgIpc) is 3.58. The summed E-state index contributed by atoms with van der Waals surface area (Å²) in [5, 5.41) is 45.1. The summed E-state index contributed by atoms with van der Waals surface area (Å²) in [6.45, 7) is 6.31. The van der Waals surface area contributed by atoms with Crippen molar-refractivity contribution in [2.75, 3.05) is 0 Å². The van der Waals surface area contributed by atoms with Crippen LogP contribution in [-0.2, 0) is 32.0 Å². The van der Waals surface area contributed by atoms with Gasteiger partial charge in [0, 0.05) is 49.4 Å². The minimum atomic E-state index is -1.16. The van der Waals surface area contributed by atoms with E-state index >= 15 is 0 Å². The molecule has 61 heavy (non-hydrogen) atoms. The third-order valence-electron chi connectivity index (χ3n) is 9.71. The van der Waals surface area contributed by atoms with Crippen LogP contribution < -0.4 is 10.6 Å². The molecule has 2 aromatic heterocycles. The number of hydrogen-bond acceptors (Lipinski definition) is 8. The van der Waals surface area contributed by atoms with Crippen molar-refractivity contribution in [3.63, 3.8) is 0 Å². The van der Waals surface area contributed by atoms with E-state index < -0.39 is 35.8 Å². The van der Waals surface area contributed by atoms with E-state index in [1.54, 1.807) is 69.3 Å². The highest BCUT2D eigenvalue weighted by Crippen LogP contribution is 2.36. The maximum absolute atomic E-state index is 13.2. The molecule has 4 aromatic carbocycles. The molecule has 18 heteroatoms. The van der Waals surface area contributed by atoms with Gasteiger partial charge in [-0.1, -0.05) is 46.4 Å².